The number of aliphatic carboxylic acids is 1. The third kappa shape index (κ3) is 5.10. The van der Waals surface area contributed by atoms with Crippen LogP contribution in [0.3, 0.4) is 0 Å². The molecule has 1 amide bonds. The number of carbonyl (C=O) groups excluding carboxylic acids is 1. The summed E-state index contributed by atoms with van der Waals surface area (Å²) < 4.78 is 22.8. The number of amides is 1. The molecule has 0 saturated carbocycles. The molecule has 0 heterocycles. The van der Waals surface area contributed by atoms with E-state index >= 15 is 0 Å². The third-order valence-electron chi connectivity index (χ3n) is 5.16. The van der Waals surface area contributed by atoms with Gasteiger partial charge in [-0.2, -0.15) is 0 Å². The van der Waals surface area contributed by atoms with Crippen LogP contribution >= 0.6 is 7.37 Å². The van der Waals surface area contributed by atoms with Crippen molar-refractivity contribution in [2.45, 2.75) is 25.3 Å². The lowest BCUT2D eigenvalue weighted by atomic mass is 9.98. The first-order valence-corrected chi connectivity index (χ1v) is 12.1. The molecule has 7 nitrogen and oxygen atoms in total. The van der Waals surface area contributed by atoms with Crippen LogP contribution in [0.1, 0.15) is 30.4 Å². The molecular formula is C22H26NO6P. The molecule has 2 aromatic rings. The maximum atomic E-state index is 12.3. The molecule has 2 aromatic carbocycles. The first-order valence-electron chi connectivity index (χ1n) is 9.87. The van der Waals surface area contributed by atoms with Gasteiger partial charge in [-0.1, -0.05) is 48.5 Å². The molecular weight excluding hydrogens is 405 g/mol. The maximum absolute atomic E-state index is 12.3. The summed E-state index contributed by atoms with van der Waals surface area (Å²) in [4.78, 5) is 23.8. The van der Waals surface area contributed by atoms with Crippen LogP contribution in [0, 0.1) is 0 Å². The van der Waals surface area contributed by atoms with Gasteiger partial charge in [0.2, 0.25) is 0 Å². The molecule has 1 aliphatic rings. The number of fused-ring (bicyclic) bond motifs is 3. The molecule has 0 fully saturated rings. The zero-order valence-corrected chi connectivity index (χ0v) is 17.9. The quantitative estimate of drug-likeness (QED) is 0.574. The minimum absolute atomic E-state index is 0.00664. The van der Waals surface area contributed by atoms with Crippen molar-refractivity contribution in [1.29, 1.82) is 0 Å². The van der Waals surface area contributed by atoms with E-state index in [2.05, 4.69) is 5.32 Å². The summed E-state index contributed by atoms with van der Waals surface area (Å²) in [6, 6.07) is 14.7. The fraction of sp³-hybridized carbons (Fsp3) is 0.364. The van der Waals surface area contributed by atoms with Crippen molar-refractivity contribution in [1.82, 2.24) is 5.32 Å². The minimum atomic E-state index is -2.89. The van der Waals surface area contributed by atoms with Gasteiger partial charge in [-0.05, 0) is 35.6 Å². The largest absolute Gasteiger partial charge is 0.480 e. The number of carboxylic acids is 1. The van der Waals surface area contributed by atoms with Gasteiger partial charge in [0.05, 0.1) is 6.61 Å². The van der Waals surface area contributed by atoms with Gasteiger partial charge in [0.25, 0.3) is 0 Å². The van der Waals surface area contributed by atoms with Crippen molar-refractivity contribution in [2.24, 2.45) is 0 Å². The summed E-state index contributed by atoms with van der Waals surface area (Å²) in [6.45, 7) is 3.56. The average Bonchev–Trinajstić information content (AvgIpc) is 3.03. The zero-order valence-electron chi connectivity index (χ0n) is 17.0. The lowest BCUT2D eigenvalue weighted by Crippen LogP contribution is -2.42. The summed E-state index contributed by atoms with van der Waals surface area (Å²) in [6.07, 6.45) is -0.763. The normalized spacial score (nSPS) is 15.5. The molecule has 0 radical (unpaired) electrons. The number of carbonyl (C=O) groups is 2. The Bertz CT molecular complexity index is 930. The summed E-state index contributed by atoms with van der Waals surface area (Å²) in [7, 11) is -2.89. The van der Waals surface area contributed by atoms with E-state index in [4.69, 9.17) is 9.26 Å². The molecule has 0 bridgehead atoms. The molecule has 2 N–H and O–H groups in total. The number of ether oxygens (including phenoxy) is 1. The molecule has 1 aliphatic carbocycles. The molecule has 2 unspecified atom stereocenters. The Morgan fingerprint density at radius 1 is 1.10 bits per heavy atom. The maximum Gasteiger partial charge on any atom is 0.407 e. The fourth-order valence-electron chi connectivity index (χ4n) is 3.74. The number of carboxylic acid groups (broad SMARTS) is 1. The van der Waals surface area contributed by atoms with Crippen LogP contribution in [0.25, 0.3) is 11.1 Å². The first-order chi connectivity index (χ1) is 14.3. The van der Waals surface area contributed by atoms with E-state index in [1.54, 1.807) is 6.92 Å². The highest BCUT2D eigenvalue weighted by Gasteiger charge is 2.30. The SMILES string of the molecule is CCOP(C)(=O)CCC(NC(=O)OCC1c2ccccc2-c2ccccc21)C(=O)O. The van der Waals surface area contributed by atoms with Crippen LogP contribution in [0.2, 0.25) is 0 Å². The van der Waals surface area contributed by atoms with Crippen LogP contribution in [-0.2, 0) is 18.6 Å². The molecule has 30 heavy (non-hydrogen) atoms. The van der Waals surface area contributed by atoms with Crippen molar-refractivity contribution >= 4 is 19.4 Å². The van der Waals surface area contributed by atoms with Gasteiger partial charge in [0.1, 0.15) is 12.6 Å². The van der Waals surface area contributed by atoms with Crippen molar-refractivity contribution in [3.63, 3.8) is 0 Å². The smallest absolute Gasteiger partial charge is 0.407 e. The van der Waals surface area contributed by atoms with Gasteiger partial charge >= 0.3 is 12.1 Å². The summed E-state index contributed by atoms with van der Waals surface area (Å²) in [5, 5.41) is 11.8. The van der Waals surface area contributed by atoms with Crippen LogP contribution in [-0.4, -0.2) is 49.3 Å². The summed E-state index contributed by atoms with van der Waals surface area (Å²) >= 11 is 0. The molecule has 0 saturated heterocycles. The van der Waals surface area contributed by atoms with E-state index in [0.717, 1.165) is 22.3 Å². The fourth-order valence-corrected chi connectivity index (χ4v) is 5.14. The van der Waals surface area contributed by atoms with Crippen molar-refractivity contribution < 1.29 is 28.5 Å². The van der Waals surface area contributed by atoms with E-state index in [0.29, 0.717) is 0 Å². The minimum Gasteiger partial charge on any atom is -0.480 e. The number of rotatable bonds is 9. The van der Waals surface area contributed by atoms with Crippen molar-refractivity contribution in [3.05, 3.63) is 59.7 Å². The average molecular weight is 431 g/mol. The van der Waals surface area contributed by atoms with E-state index in [9.17, 15) is 19.3 Å². The molecule has 160 valence electrons. The molecule has 8 heteroatoms. The summed E-state index contributed by atoms with van der Waals surface area (Å²) in [5.74, 6) is -1.32. The summed E-state index contributed by atoms with van der Waals surface area (Å²) in [5.41, 5.74) is 4.37. The first kappa shape index (κ1) is 22.1. The molecule has 0 aromatic heterocycles. The molecule has 0 aliphatic heterocycles. The Morgan fingerprint density at radius 3 is 2.20 bits per heavy atom. The number of alkyl carbamates (subject to hydrolysis) is 1. The third-order valence-corrected chi connectivity index (χ3v) is 7.03. The molecule has 0 spiro atoms. The Labute approximate surface area is 175 Å². The number of hydrogen-bond donors (Lipinski definition) is 2. The van der Waals surface area contributed by atoms with Gasteiger partial charge in [-0.25, -0.2) is 9.59 Å². The molecule has 3 rings (SSSR count). The van der Waals surface area contributed by atoms with E-state index in [1.807, 2.05) is 48.5 Å². The van der Waals surface area contributed by atoms with Crippen LogP contribution in [0.4, 0.5) is 4.79 Å². The van der Waals surface area contributed by atoms with E-state index in [-0.39, 0.29) is 31.7 Å². The lowest BCUT2D eigenvalue weighted by Gasteiger charge is -2.19. The zero-order chi connectivity index (χ0) is 21.7. The molecule has 2 atom stereocenters. The number of hydrogen-bond acceptors (Lipinski definition) is 5. The number of benzene rings is 2. The Kier molecular flexibility index (Phi) is 6.95. The van der Waals surface area contributed by atoms with Crippen molar-refractivity contribution in [3.8, 4) is 11.1 Å². The van der Waals surface area contributed by atoms with E-state index < -0.39 is 25.5 Å². The number of nitrogens with one attached hydrogen (secondary N) is 1. The predicted molar refractivity (Wildman–Crippen MR) is 114 cm³/mol. The second kappa shape index (κ2) is 9.45. The Hall–Kier alpha value is -2.63. The second-order valence-electron chi connectivity index (χ2n) is 7.30. The second-order valence-corrected chi connectivity index (χ2v) is 10.0. The van der Waals surface area contributed by atoms with Gasteiger partial charge in [-0.15, -0.1) is 0 Å². The predicted octanol–water partition coefficient (Wildman–Crippen LogP) is 4.31. The highest BCUT2D eigenvalue weighted by atomic mass is 31.2. The Morgan fingerprint density at radius 2 is 1.67 bits per heavy atom. The highest BCUT2D eigenvalue weighted by Crippen LogP contribution is 2.45. The van der Waals surface area contributed by atoms with Gasteiger partial charge in [-0.3, -0.25) is 4.57 Å². The topological polar surface area (TPSA) is 102 Å². The lowest BCUT2D eigenvalue weighted by molar-refractivity contribution is -0.139. The van der Waals surface area contributed by atoms with Crippen molar-refractivity contribution in [2.75, 3.05) is 26.0 Å². The Balaban J connectivity index is 1.62. The monoisotopic (exact) mass is 431 g/mol. The van der Waals surface area contributed by atoms with E-state index in [1.165, 1.54) is 6.66 Å². The van der Waals surface area contributed by atoms with Crippen LogP contribution in [0.5, 0.6) is 0 Å². The van der Waals surface area contributed by atoms with Gasteiger partial charge in [0.15, 0.2) is 7.37 Å². The van der Waals surface area contributed by atoms with Crippen LogP contribution < -0.4 is 5.32 Å². The standard InChI is InChI=1S/C22H26NO6P/c1-3-29-30(2,27)13-12-20(21(24)25)23-22(26)28-14-19-17-10-6-4-8-15(17)16-9-5-7-11-18(16)19/h4-11,19-20H,3,12-14H2,1-2H3,(H,23,26)(H,24,25). The highest BCUT2D eigenvalue weighted by molar-refractivity contribution is 7.58. The van der Waals surface area contributed by atoms with Gasteiger partial charge in [0, 0.05) is 18.7 Å². The van der Waals surface area contributed by atoms with Gasteiger partial charge < -0.3 is 19.7 Å². The van der Waals surface area contributed by atoms with Crippen LogP contribution in [0.15, 0.2) is 48.5 Å².